The van der Waals surface area contributed by atoms with E-state index < -0.39 is 0 Å². The molecule has 0 radical (unpaired) electrons. The fraction of sp³-hybridized carbons (Fsp3) is 0.500. The number of anilines is 1. The SMILES string of the molecule is CCOC(=O)CCCCCNc1ccc(Cl)cc1I. The number of carbonyl (C=O) groups is 1. The first-order valence-corrected chi connectivity index (χ1v) is 7.93. The van der Waals surface area contributed by atoms with Crippen LogP contribution in [0.1, 0.15) is 32.6 Å². The number of carbonyl (C=O) groups excluding carboxylic acids is 1. The molecule has 0 atom stereocenters. The molecule has 1 N–H and O–H groups in total. The highest BCUT2D eigenvalue weighted by Crippen LogP contribution is 2.22. The Morgan fingerprint density at radius 3 is 2.84 bits per heavy atom. The van der Waals surface area contributed by atoms with Crippen molar-refractivity contribution in [3.8, 4) is 0 Å². The zero-order valence-corrected chi connectivity index (χ0v) is 14.0. The molecule has 0 saturated carbocycles. The highest BCUT2D eigenvalue weighted by atomic mass is 127. The Hall–Kier alpha value is -0.490. The minimum absolute atomic E-state index is 0.0947. The van der Waals surface area contributed by atoms with Gasteiger partial charge in [0.05, 0.1) is 6.61 Å². The summed E-state index contributed by atoms with van der Waals surface area (Å²) in [7, 11) is 0. The van der Waals surface area contributed by atoms with Crippen LogP contribution in [0.25, 0.3) is 0 Å². The summed E-state index contributed by atoms with van der Waals surface area (Å²) >= 11 is 8.16. The standard InChI is InChI=1S/C14H19ClINO2/c1-2-19-14(18)6-4-3-5-9-17-13-8-7-11(15)10-12(13)16/h7-8,10,17H,2-6,9H2,1H3. The van der Waals surface area contributed by atoms with Gasteiger partial charge < -0.3 is 10.1 Å². The first-order chi connectivity index (χ1) is 9.13. The lowest BCUT2D eigenvalue weighted by Crippen LogP contribution is -2.05. The van der Waals surface area contributed by atoms with Gasteiger partial charge in [-0.15, -0.1) is 0 Å². The minimum Gasteiger partial charge on any atom is -0.466 e. The lowest BCUT2D eigenvalue weighted by atomic mass is 10.2. The van der Waals surface area contributed by atoms with Crippen molar-refractivity contribution in [2.45, 2.75) is 32.6 Å². The molecule has 0 aliphatic heterocycles. The van der Waals surface area contributed by atoms with Crippen molar-refractivity contribution in [1.29, 1.82) is 0 Å². The summed E-state index contributed by atoms with van der Waals surface area (Å²) < 4.78 is 6.00. The minimum atomic E-state index is -0.0947. The van der Waals surface area contributed by atoms with Crippen molar-refractivity contribution >= 4 is 45.8 Å². The second-order valence-corrected chi connectivity index (χ2v) is 5.77. The summed E-state index contributed by atoms with van der Waals surface area (Å²) in [5.74, 6) is -0.0947. The molecule has 3 nitrogen and oxygen atoms in total. The number of ether oxygens (including phenoxy) is 1. The molecule has 106 valence electrons. The first-order valence-electron chi connectivity index (χ1n) is 6.48. The molecule has 19 heavy (non-hydrogen) atoms. The molecule has 0 bridgehead atoms. The Kier molecular flexibility index (Phi) is 8.21. The number of nitrogens with one attached hydrogen (secondary N) is 1. The predicted octanol–water partition coefficient (Wildman–Crippen LogP) is 4.48. The third kappa shape index (κ3) is 7.01. The first kappa shape index (κ1) is 16.6. The Labute approximate surface area is 133 Å². The average Bonchev–Trinajstić information content (AvgIpc) is 2.36. The van der Waals surface area contributed by atoms with Crippen LogP contribution in [0.3, 0.4) is 0 Å². The molecule has 0 fully saturated rings. The number of benzene rings is 1. The van der Waals surface area contributed by atoms with Gasteiger partial charge >= 0.3 is 5.97 Å². The zero-order valence-electron chi connectivity index (χ0n) is 11.0. The Morgan fingerprint density at radius 1 is 1.37 bits per heavy atom. The number of hydrogen-bond donors (Lipinski definition) is 1. The molecule has 0 aliphatic rings. The smallest absolute Gasteiger partial charge is 0.305 e. The van der Waals surface area contributed by atoms with Crippen molar-refractivity contribution in [2.24, 2.45) is 0 Å². The fourth-order valence-electron chi connectivity index (χ4n) is 1.66. The normalized spacial score (nSPS) is 10.3. The molecule has 0 spiro atoms. The van der Waals surface area contributed by atoms with Crippen LogP contribution in [0.4, 0.5) is 5.69 Å². The van der Waals surface area contributed by atoms with Gasteiger partial charge in [-0.25, -0.2) is 0 Å². The highest BCUT2D eigenvalue weighted by Gasteiger charge is 2.02. The lowest BCUT2D eigenvalue weighted by Gasteiger charge is -2.08. The van der Waals surface area contributed by atoms with E-state index in [4.69, 9.17) is 16.3 Å². The highest BCUT2D eigenvalue weighted by molar-refractivity contribution is 14.1. The van der Waals surface area contributed by atoms with E-state index in [0.717, 1.165) is 40.1 Å². The van der Waals surface area contributed by atoms with E-state index in [-0.39, 0.29) is 5.97 Å². The van der Waals surface area contributed by atoms with Gasteiger partial charge in [-0.2, -0.15) is 0 Å². The molecule has 5 heteroatoms. The van der Waals surface area contributed by atoms with E-state index >= 15 is 0 Å². The number of rotatable bonds is 8. The van der Waals surface area contributed by atoms with Crippen LogP contribution >= 0.6 is 34.2 Å². The van der Waals surface area contributed by atoms with E-state index in [2.05, 4.69) is 27.9 Å². The maximum absolute atomic E-state index is 11.1. The molecular formula is C14H19ClINO2. The average molecular weight is 396 g/mol. The molecule has 1 aromatic rings. The van der Waals surface area contributed by atoms with Crippen LogP contribution < -0.4 is 5.32 Å². The summed E-state index contributed by atoms with van der Waals surface area (Å²) in [5.41, 5.74) is 1.11. The third-order valence-electron chi connectivity index (χ3n) is 2.61. The van der Waals surface area contributed by atoms with E-state index in [9.17, 15) is 4.79 Å². The quantitative estimate of drug-likeness (QED) is 0.401. The van der Waals surface area contributed by atoms with Crippen LogP contribution in [0.15, 0.2) is 18.2 Å². The van der Waals surface area contributed by atoms with E-state index in [1.807, 2.05) is 25.1 Å². The molecular weight excluding hydrogens is 377 g/mol. The van der Waals surface area contributed by atoms with E-state index in [0.29, 0.717) is 13.0 Å². The summed E-state index contributed by atoms with van der Waals surface area (Å²) in [5, 5.41) is 4.13. The molecule has 0 heterocycles. The van der Waals surface area contributed by atoms with Crippen LogP contribution in [-0.2, 0) is 9.53 Å². The number of halogens is 2. The monoisotopic (exact) mass is 395 g/mol. The van der Waals surface area contributed by atoms with Crippen molar-refractivity contribution in [1.82, 2.24) is 0 Å². The largest absolute Gasteiger partial charge is 0.466 e. The third-order valence-corrected chi connectivity index (χ3v) is 3.74. The van der Waals surface area contributed by atoms with Crippen molar-refractivity contribution < 1.29 is 9.53 Å². The molecule has 0 aromatic heterocycles. The van der Waals surface area contributed by atoms with Gasteiger partial charge in [-0.3, -0.25) is 4.79 Å². The zero-order chi connectivity index (χ0) is 14.1. The van der Waals surface area contributed by atoms with Gasteiger partial charge in [-0.1, -0.05) is 18.0 Å². The second-order valence-electron chi connectivity index (χ2n) is 4.17. The van der Waals surface area contributed by atoms with Crippen molar-refractivity contribution in [2.75, 3.05) is 18.5 Å². The topological polar surface area (TPSA) is 38.3 Å². The van der Waals surface area contributed by atoms with Gasteiger partial charge in [0.1, 0.15) is 0 Å². The molecule has 1 aromatic carbocycles. The van der Waals surface area contributed by atoms with Crippen LogP contribution in [-0.4, -0.2) is 19.1 Å². The summed E-state index contributed by atoms with van der Waals surface area (Å²) in [4.78, 5) is 11.1. The second kappa shape index (κ2) is 9.42. The Bertz CT molecular complexity index is 412. The van der Waals surface area contributed by atoms with E-state index in [1.54, 1.807) is 0 Å². The predicted molar refractivity (Wildman–Crippen MR) is 87.8 cm³/mol. The molecule has 1 rings (SSSR count). The lowest BCUT2D eigenvalue weighted by molar-refractivity contribution is -0.143. The van der Waals surface area contributed by atoms with Gasteiger partial charge in [0.25, 0.3) is 0 Å². The fourth-order valence-corrected chi connectivity index (χ4v) is 2.72. The number of esters is 1. The molecule has 0 amide bonds. The number of unbranched alkanes of at least 4 members (excludes halogenated alkanes) is 2. The van der Waals surface area contributed by atoms with Crippen molar-refractivity contribution in [3.05, 3.63) is 26.8 Å². The Morgan fingerprint density at radius 2 is 2.16 bits per heavy atom. The summed E-state index contributed by atoms with van der Waals surface area (Å²) in [6.07, 6.45) is 3.47. The maximum atomic E-state index is 11.1. The van der Waals surface area contributed by atoms with Crippen LogP contribution in [0.5, 0.6) is 0 Å². The molecule has 0 saturated heterocycles. The Balaban J connectivity index is 2.12. The molecule has 0 aliphatic carbocycles. The number of hydrogen-bond acceptors (Lipinski definition) is 3. The van der Waals surface area contributed by atoms with E-state index in [1.165, 1.54) is 0 Å². The van der Waals surface area contributed by atoms with Crippen LogP contribution in [0.2, 0.25) is 5.02 Å². The van der Waals surface area contributed by atoms with Crippen LogP contribution in [0, 0.1) is 3.57 Å². The molecule has 0 unspecified atom stereocenters. The van der Waals surface area contributed by atoms with Gasteiger partial charge in [0.2, 0.25) is 0 Å². The van der Waals surface area contributed by atoms with Crippen molar-refractivity contribution in [3.63, 3.8) is 0 Å². The summed E-state index contributed by atoms with van der Waals surface area (Å²) in [6.45, 7) is 3.20. The van der Waals surface area contributed by atoms with Gasteiger partial charge in [-0.05, 0) is 60.6 Å². The maximum Gasteiger partial charge on any atom is 0.305 e. The van der Waals surface area contributed by atoms with Gasteiger partial charge in [0.15, 0.2) is 0 Å². The van der Waals surface area contributed by atoms with Gasteiger partial charge in [0, 0.05) is 27.2 Å². The summed E-state index contributed by atoms with van der Waals surface area (Å²) in [6, 6.07) is 5.81.